The van der Waals surface area contributed by atoms with Crippen molar-refractivity contribution >= 4 is 11.8 Å². The molecule has 0 bridgehead atoms. The quantitative estimate of drug-likeness (QED) is 0.783. The predicted octanol–water partition coefficient (Wildman–Crippen LogP) is 1.35. The van der Waals surface area contributed by atoms with Gasteiger partial charge in [-0.25, -0.2) is 0 Å². The van der Waals surface area contributed by atoms with Crippen LogP contribution in [0.5, 0.6) is 0 Å². The van der Waals surface area contributed by atoms with Gasteiger partial charge in [0.05, 0.1) is 13.2 Å². The summed E-state index contributed by atoms with van der Waals surface area (Å²) >= 11 is 0. The Balaban J connectivity index is 1.78. The van der Waals surface area contributed by atoms with Crippen LogP contribution in [-0.2, 0) is 14.3 Å². The molecule has 2 aliphatic rings. The number of nitrogens with zero attached hydrogens (tertiary/aromatic N) is 2. The molecule has 2 saturated heterocycles. The fraction of sp³-hybridized carbons (Fsp3) is 0.895. The molecular weight excluding hydrogens is 318 g/mol. The topological polar surface area (TPSA) is 61.9 Å². The highest BCUT2D eigenvalue weighted by molar-refractivity contribution is 5.80. The minimum atomic E-state index is 0.0331. The van der Waals surface area contributed by atoms with Gasteiger partial charge < -0.3 is 15.0 Å². The Labute approximate surface area is 152 Å². The molecule has 0 aromatic carbocycles. The molecule has 2 heterocycles. The summed E-state index contributed by atoms with van der Waals surface area (Å²) in [5.74, 6) is 0.907. The third-order valence-corrected chi connectivity index (χ3v) is 5.44. The number of rotatable bonds is 6. The van der Waals surface area contributed by atoms with E-state index in [1.54, 1.807) is 0 Å². The van der Waals surface area contributed by atoms with Gasteiger partial charge in [0.15, 0.2) is 0 Å². The lowest BCUT2D eigenvalue weighted by Gasteiger charge is -2.37. The summed E-state index contributed by atoms with van der Waals surface area (Å²) in [6.45, 7) is 13.8. The smallest absolute Gasteiger partial charge is 0.225 e. The van der Waals surface area contributed by atoms with Crippen LogP contribution in [0.1, 0.15) is 40.5 Å². The van der Waals surface area contributed by atoms with Crippen molar-refractivity contribution < 1.29 is 14.3 Å². The number of carbonyl (C=O) groups excluding carboxylic acids is 2. The first kappa shape index (κ1) is 20.2. The van der Waals surface area contributed by atoms with Crippen molar-refractivity contribution in [3.8, 4) is 0 Å². The largest absolute Gasteiger partial charge is 0.379 e. The first-order chi connectivity index (χ1) is 11.9. The Hall–Kier alpha value is -1.14. The van der Waals surface area contributed by atoms with E-state index >= 15 is 0 Å². The maximum Gasteiger partial charge on any atom is 0.225 e. The normalized spacial score (nSPS) is 21.6. The van der Waals surface area contributed by atoms with Crippen molar-refractivity contribution in [3.05, 3.63) is 0 Å². The Bertz CT molecular complexity index is 439. The number of piperidine rings is 1. The minimum absolute atomic E-state index is 0.0331. The molecule has 2 aliphatic heterocycles. The number of hydrogen-bond acceptors (Lipinski definition) is 4. The maximum absolute atomic E-state index is 12.6. The van der Waals surface area contributed by atoms with Gasteiger partial charge in [0.2, 0.25) is 11.8 Å². The molecular formula is C19H35N3O3. The fourth-order valence-electron chi connectivity index (χ4n) is 3.77. The van der Waals surface area contributed by atoms with Crippen molar-refractivity contribution in [1.82, 2.24) is 15.1 Å². The van der Waals surface area contributed by atoms with Crippen LogP contribution in [0.25, 0.3) is 0 Å². The molecule has 0 aromatic rings. The number of morpholine rings is 1. The Kier molecular flexibility index (Phi) is 7.69. The van der Waals surface area contributed by atoms with Crippen LogP contribution < -0.4 is 5.32 Å². The molecule has 6 nitrogen and oxygen atoms in total. The van der Waals surface area contributed by atoms with Gasteiger partial charge in [0, 0.05) is 50.6 Å². The second-order valence-corrected chi connectivity index (χ2v) is 7.96. The van der Waals surface area contributed by atoms with Crippen molar-refractivity contribution in [2.45, 2.75) is 46.6 Å². The third kappa shape index (κ3) is 5.68. The van der Waals surface area contributed by atoms with Gasteiger partial charge in [-0.3, -0.25) is 14.5 Å². The molecule has 0 radical (unpaired) electrons. The first-order valence-corrected chi connectivity index (χ1v) is 9.78. The number of nitrogens with one attached hydrogen (secondary N) is 1. The minimum Gasteiger partial charge on any atom is -0.379 e. The van der Waals surface area contributed by atoms with Crippen molar-refractivity contribution in [2.75, 3.05) is 45.9 Å². The van der Waals surface area contributed by atoms with Gasteiger partial charge in [-0.2, -0.15) is 0 Å². The molecule has 1 unspecified atom stereocenters. The van der Waals surface area contributed by atoms with E-state index in [0.717, 1.165) is 39.1 Å². The number of carbonyl (C=O) groups is 2. The van der Waals surface area contributed by atoms with Gasteiger partial charge in [-0.15, -0.1) is 0 Å². The van der Waals surface area contributed by atoms with Gasteiger partial charge in [0.1, 0.15) is 0 Å². The molecule has 2 amide bonds. The standard InChI is InChI=1S/C19H35N3O3/c1-14(2)17(21-9-11-25-12-10-21)13-20-18(23)16-5-7-22(8-6-16)19(24)15(3)4/h14-17H,5-13H2,1-4H3,(H,20,23). The number of ether oxygens (including phenoxy) is 1. The SMILES string of the molecule is CC(C)C(=O)N1CCC(C(=O)NCC(C(C)C)N2CCOCC2)CC1. The van der Waals surface area contributed by atoms with Crippen LogP contribution in [0.3, 0.4) is 0 Å². The van der Waals surface area contributed by atoms with E-state index < -0.39 is 0 Å². The van der Waals surface area contributed by atoms with Gasteiger partial charge in [-0.05, 0) is 18.8 Å². The number of hydrogen-bond donors (Lipinski definition) is 1. The second-order valence-electron chi connectivity index (χ2n) is 7.96. The van der Waals surface area contributed by atoms with Crippen LogP contribution in [0.15, 0.2) is 0 Å². The van der Waals surface area contributed by atoms with Crippen molar-refractivity contribution in [3.63, 3.8) is 0 Å². The van der Waals surface area contributed by atoms with Crippen LogP contribution in [-0.4, -0.2) is 73.6 Å². The van der Waals surface area contributed by atoms with E-state index in [0.29, 0.717) is 31.6 Å². The zero-order valence-electron chi connectivity index (χ0n) is 16.3. The lowest BCUT2D eigenvalue weighted by atomic mass is 9.94. The summed E-state index contributed by atoms with van der Waals surface area (Å²) in [6.07, 6.45) is 1.54. The molecule has 1 atom stereocenters. The molecule has 0 aliphatic carbocycles. The Morgan fingerprint density at radius 1 is 1.04 bits per heavy atom. The molecule has 0 saturated carbocycles. The molecule has 2 rings (SSSR count). The zero-order chi connectivity index (χ0) is 18.4. The lowest BCUT2D eigenvalue weighted by Crippen LogP contribution is -2.52. The summed E-state index contributed by atoms with van der Waals surface area (Å²) in [7, 11) is 0. The highest BCUT2D eigenvalue weighted by atomic mass is 16.5. The molecule has 1 N–H and O–H groups in total. The van der Waals surface area contributed by atoms with E-state index in [1.807, 2.05) is 18.7 Å². The molecule has 25 heavy (non-hydrogen) atoms. The first-order valence-electron chi connectivity index (χ1n) is 9.78. The number of likely N-dealkylation sites (tertiary alicyclic amines) is 1. The van der Waals surface area contributed by atoms with Crippen LogP contribution in [0.2, 0.25) is 0 Å². The van der Waals surface area contributed by atoms with Gasteiger partial charge >= 0.3 is 0 Å². The fourth-order valence-corrected chi connectivity index (χ4v) is 3.77. The van der Waals surface area contributed by atoms with Crippen LogP contribution in [0.4, 0.5) is 0 Å². The average Bonchev–Trinajstić information content (AvgIpc) is 2.61. The molecule has 0 spiro atoms. The zero-order valence-corrected chi connectivity index (χ0v) is 16.3. The van der Waals surface area contributed by atoms with Crippen molar-refractivity contribution in [2.24, 2.45) is 17.8 Å². The summed E-state index contributed by atoms with van der Waals surface area (Å²) in [5, 5.41) is 3.17. The van der Waals surface area contributed by atoms with E-state index in [4.69, 9.17) is 4.74 Å². The lowest BCUT2D eigenvalue weighted by molar-refractivity contribution is -0.138. The van der Waals surface area contributed by atoms with E-state index in [2.05, 4.69) is 24.1 Å². The van der Waals surface area contributed by atoms with Crippen molar-refractivity contribution in [1.29, 1.82) is 0 Å². The molecule has 6 heteroatoms. The maximum atomic E-state index is 12.6. The van der Waals surface area contributed by atoms with Crippen LogP contribution in [0, 0.1) is 17.8 Å². The average molecular weight is 354 g/mol. The highest BCUT2D eigenvalue weighted by Crippen LogP contribution is 2.19. The second kappa shape index (κ2) is 9.53. The monoisotopic (exact) mass is 353 g/mol. The third-order valence-electron chi connectivity index (χ3n) is 5.44. The summed E-state index contributed by atoms with van der Waals surface area (Å²) in [5.41, 5.74) is 0. The molecule has 0 aromatic heterocycles. The van der Waals surface area contributed by atoms with E-state index in [1.165, 1.54) is 0 Å². The number of amides is 2. The molecule has 2 fully saturated rings. The van der Waals surface area contributed by atoms with E-state index in [9.17, 15) is 9.59 Å². The summed E-state index contributed by atoms with van der Waals surface area (Å²) in [4.78, 5) is 28.9. The van der Waals surface area contributed by atoms with Gasteiger partial charge in [0.25, 0.3) is 0 Å². The Morgan fingerprint density at radius 3 is 2.16 bits per heavy atom. The highest BCUT2D eigenvalue weighted by Gasteiger charge is 2.29. The van der Waals surface area contributed by atoms with Gasteiger partial charge in [-0.1, -0.05) is 27.7 Å². The summed E-state index contributed by atoms with van der Waals surface area (Å²) in [6, 6.07) is 0.357. The predicted molar refractivity (Wildman–Crippen MR) is 98.2 cm³/mol. The van der Waals surface area contributed by atoms with E-state index in [-0.39, 0.29) is 23.7 Å². The summed E-state index contributed by atoms with van der Waals surface area (Å²) < 4.78 is 5.44. The Morgan fingerprint density at radius 2 is 1.64 bits per heavy atom. The molecule has 144 valence electrons. The van der Waals surface area contributed by atoms with Crippen LogP contribution >= 0.6 is 0 Å².